The molecule has 1 aliphatic rings. The van der Waals surface area contributed by atoms with Gasteiger partial charge in [-0.25, -0.2) is 4.39 Å². The van der Waals surface area contributed by atoms with Crippen molar-refractivity contribution in [3.63, 3.8) is 0 Å². The number of rotatable bonds is 7. The molecule has 2 amide bonds. The average Bonchev–Trinajstić information content (AvgIpc) is 3.33. The molecule has 3 aromatic rings. The predicted molar refractivity (Wildman–Crippen MR) is 130 cm³/mol. The van der Waals surface area contributed by atoms with Crippen molar-refractivity contribution < 1.29 is 31.9 Å². The summed E-state index contributed by atoms with van der Waals surface area (Å²) in [6, 6.07) is 5.49. The van der Waals surface area contributed by atoms with Gasteiger partial charge in [-0.3, -0.25) is 19.6 Å². The first-order valence-corrected chi connectivity index (χ1v) is 11.5. The van der Waals surface area contributed by atoms with E-state index in [0.29, 0.717) is 0 Å². The van der Waals surface area contributed by atoms with E-state index in [-0.39, 0.29) is 59.5 Å². The summed E-state index contributed by atoms with van der Waals surface area (Å²) in [5.74, 6) is -2.09. The fourth-order valence-corrected chi connectivity index (χ4v) is 3.96. The third-order valence-corrected chi connectivity index (χ3v) is 5.97. The van der Waals surface area contributed by atoms with Crippen molar-refractivity contribution in [2.45, 2.75) is 24.7 Å². The van der Waals surface area contributed by atoms with Crippen LogP contribution in [0, 0.1) is 5.82 Å². The van der Waals surface area contributed by atoms with Crippen molar-refractivity contribution in [2.75, 3.05) is 24.3 Å². The van der Waals surface area contributed by atoms with Gasteiger partial charge in [0.15, 0.2) is 0 Å². The van der Waals surface area contributed by atoms with Crippen LogP contribution in [0.1, 0.15) is 28.0 Å². The lowest BCUT2D eigenvalue weighted by Gasteiger charge is -2.27. The molecule has 0 saturated carbocycles. The van der Waals surface area contributed by atoms with Crippen LogP contribution in [0.4, 0.5) is 34.6 Å². The van der Waals surface area contributed by atoms with Gasteiger partial charge in [0.25, 0.3) is 5.91 Å². The molecule has 200 valence electrons. The van der Waals surface area contributed by atoms with E-state index in [2.05, 4.69) is 25.9 Å². The highest BCUT2D eigenvalue weighted by atomic mass is 35.5. The number of halogens is 5. The Hall–Kier alpha value is -3.97. The molecule has 1 atom stereocenters. The molecule has 14 heteroatoms. The topological polar surface area (TPSA) is 131 Å². The fourth-order valence-electron chi connectivity index (χ4n) is 3.78. The molecule has 0 bridgehead atoms. The predicted octanol–water partition coefficient (Wildman–Crippen LogP) is 3.82. The molecule has 1 aliphatic heterocycles. The summed E-state index contributed by atoms with van der Waals surface area (Å²) in [5, 5.41) is 7.56. The van der Waals surface area contributed by atoms with E-state index in [0.717, 1.165) is 24.4 Å². The van der Waals surface area contributed by atoms with Crippen LogP contribution >= 0.6 is 11.6 Å². The standard InChI is InChI=1S/C24H21ClF4N6O3/c25-14-1-2-19(17(6-14)24(27,28)29)34-16-7-18(26)20(32-10-16)11-33-22(37)23(3-4-38-12-23)35-21(36)13-5-15(30)9-31-8-13/h1-2,5-10,34H,3-4,11-12,30H2,(H,33,37)(H,35,36). The molecule has 2 aromatic heterocycles. The number of carbonyl (C=O) groups excluding carboxylic acids is 2. The molecule has 0 spiro atoms. The number of hydrogen-bond donors (Lipinski definition) is 4. The highest BCUT2D eigenvalue weighted by Gasteiger charge is 2.44. The van der Waals surface area contributed by atoms with Crippen molar-refractivity contribution in [1.82, 2.24) is 20.6 Å². The van der Waals surface area contributed by atoms with E-state index in [1.165, 1.54) is 24.5 Å². The van der Waals surface area contributed by atoms with Crippen molar-refractivity contribution in [1.29, 1.82) is 0 Å². The van der Waals surface area contributed by atoms with E-state index < -0.39 is 34.9 Å². The second-order valence-electron chi connectivity index (χ2n) is 8.49. The number of alkyl halides is 3. The Morgan fingerprint density at radius 3 is 2.61 bits per heavy atom. The summed E-state index contributed by atoms with van der Waals surface area (Å²) < 4.78 is 60.1. The number of nitrogens with one attached hydrogen (secondary N) is 3. The zero-order chi connectivity index (χ0) is 27.5. The summed E-state index contributed by atoms with van der Waals surface area (Å²) in [6.45, 7) is -0.251. The second kappa shape index (κ2) is 10.8. The molecular formula is C24H21ClF4N6O3. The lowest BCUT2D eigenvalue weighted by Crippen LogP contribution is -2.59. The van der Waals surface area contributed by atoms with E-state index >= 15 is 0 Å². The van der Waals surface area contributed by atoms with Crippen molar-refractivity contribution >= 4 is 40.5 Å². The first-order valence-electron chi connectivity index (χ1n) is 11.1. The normalized spacial score (nSPS) is 17.2. The van der Waals surface area contributed by atoms with Crippen LogP contribution in [0.2, 0.25) is 5.02 Å². The number of ether oxygens (including phenoxy) is 1. The van der Waals surface area contributed by atoms with Gasteiger partial charge < -0.3 is 26.4 Å². The lowest BCUT2D eigenvalue weighted by molar-refractivity contribution is -0.137. The van der Waals surface area contributed by atoms with Gasteiger partial charge >= 0.3 is 6.18 Å². The molecular weight excluding hydrogens is 532 g/mol. The Kier molecular flexibility index (Phi) is 7.69. The van der Waals surface area contributed by atoms with Gasteiger partial charge in [-0.05, 0) is 24.3 Å². The Morgan fingerprint density at radius 2 is 1.95 bits per heavy atom. The quantitative estimate of drug-likeness (QED) is 0.328. The van der Waals surface area contributed by atoms with Gasteiger partial charge in [0.05, 0.1) is 53.2 Å². The molecule has 1 saturated heterocycles. The number of carbonyl (C=O) groups is 2. The summed E-state index contributed by atoms with van der Waals surface area (Å²) in [6.07, 6.45) is -0.735. The van der Waals surface area contributed by atoms with E-state index in [1.54, 1.807) is 0 Å². The molecule has 3 heterocycles. The van der Waals surface area contributed by atoms with Crippen molar-refractivity contribution in [3.05, 3.63) is 76.6 Å². The van der Waals surface area contributed by atoms with E-state index in [4.69, 9.17) is 22.1 Å². The SMILES string of the molecule is Nc1cncc(C(=O)NC2(C(=O)NCc3ncc(Nc4ccc(Cl)cc4C(F)(F)F)cc3F)CCOC2)c1. The highest BCUT2D eigenvalue weighted by molar-refractivity contribution is 6.30. The van der Waals surface area contributed by atoms with Crippen LogP contribution in [0.3, 0.4) is 0 Å². The smallest absolute Gasteiger partial charge is 0.397 e. The minimum absolute atomic E-state index is 0.0472. The Labute approximate surface area is 218 Å². The zero-order valence-corrected chi connectivity index (χ0v) is 20.3. The minimum atomic E-state index is -4.69. The van der Waals surface area contributed by atoms with Crippen LogP contribution < -0.4 is 21.7 Å². The average molecular weight is 553 g/mol. The maximum atomic E-state index is 14.7. The third-order valence-electron chi connectivity index (χ3n) is 5.73. The van der Waals surface area contributed by atoms with Crippen molar-refractivity contribution in [3.8, 4) is 0 Å². The molecule has 1 unspecified atom stereocenters. The number of anilines is 3. The molecule has 38 heavy (non-hydrogen) atoms. The van der Waals surface area contributed by atoms with Gasteiger partial charge in [-0.1, -0.05) is 11.6 Å². The van der Waals surface area contributed by atoms with Crippen molar-refractivity contribution in [2.24, 2.45) is 0 Å². The molecule has 1 aromatic carbocycles. The second-order valence-corrected chi connectivity index (χ2v) is 8.93. The maximum absolute atomic E-state index is 14.7. The number of benzene rings is 1. The Bertz CT molecular complexity index is 1370. The minimum Gasteiger partial charge on any atom is -0.397 e. The van der Waals surface area contributed by atoms with E-state index in [9.17, 15) is 27.2 Å². The number of pyridine rings is 2. The fraction of sp³-hybridized carbons (Fsp3) is 0.250. The van der Waals surface area contributed by atoms with Gasteiger partial charge in [-0.15, -0.1) is 0 Å². The van der Waals surface area contributed by atoms with Crippen LogP contribution in [-0.2, 0) is 22.3 Å². The molecule has 0 aliphatic carbocycles. The highest BCUT2D eigenvalue weighted by Crippen LogP contribution is 2.37. The summed E-state index contributed by atoms with van der Waals surface area (Å²) in [4.78, 5) is 33.5. The number of hydrogen-bond acceptors (Lipinski definition) is 7. The van der Waals surface area contributed by atoms with Gasteiger partial charge in [0.2, 0.25) is 5.91 Å². The number of amides is 2. The zero-order valence-electron chi connectivity index (χ0n) is 19.5. The molecule has 1 fully saturated rings. The first kappa shape index (κ1) is 27.1. The molecule has 0 radical (unpaired) electrons. The number of nitrogen functional groups attached to an aromatic ring is 1. The molecule has 4 rings (SSSR count). The molecule has 5 N–H and O–H groups in total. The molecule has 9 nitrogen and oxygen atoms in total. The summed E-state index contributed by atoms with van der Waals surface area (Å²) in [5.41, 5.74) is 3.08. The number of nitrogens with zero attached hydrogens (tertiary/aromatic N) is 2. The van der Waals surface area contributed by atoms with Gasteiger partial charge in [-0.2, -0.15) is 13.2 Å². The van der Waals surface area contributed by atoms with E-state index in [1.807, 2.05) is 0 Å². The van der Waals surface area contributed by atoms with Crippen LogP contribution in [-0.4, -0.2) is 40.5 Å². The lowest BCUT2D eigenvalue weighted by atomic mass is 9.96. The summed E-state index contributed by atoms with van der Waals surface area (Å²) in [7, 11) is 0. The largest absolute Gasteiger partial charge is 0.418 e. The Balaban J connectivity index is 1.44. The van der Waals surface area contributed by atoms with Crippen LogP contribution in [0.5, 0.6) is 0 Å². The van der Waals surface area contributed by atoms with Gasteiger partial charge in [0, 0.05) is 36.5 Å². The van der Waals surface area contributed by atoms with Crippen LogP contribution in [0.25, 0.3) is 0 Å². The van der Waals surface area contributed by atoms with Gasteiger partial charge in [0.1, 0.15) is 11.4 Å². The first-order chi connectivity index (χ1) is 18.0. The summed E-state index contributed by atoms with van der Waals surface area (Å²) >= 11 is 5.68. The third kappa shape index (κ3) is 6.11. The number of aromatic nitrogens is 2. The number of nitrogens with two attached hydrogens (primary N) is 1. The van der Waals surface area contributed by atoms with Crippen LogP contribution in [0.15, 0.2) is 48.9 Å². The maximum Gasteiger partial charge on any atom is 0.418 e. The Morgan fingerprint density at radius 1 is 1.16 bits per heavy atom. The monoisotopic (exact) mass is 552 g/mol.